The molecule has 0 spiro atoms. The number of rotatable bonds is 5. The van der Waals surface area contributed by atoms with Crippen LogP contribution < -0.4 is 10.2 Å². The fourth-order valence-electron chi connectivity index (χ4n) is 2.71. The summed E-state index contributed by atoms with van der Waals surface area (Å²) in [6, 6.07) is 13.4. The average Bonchev–Trinajstić information content (AvgIpc) is 2.91. The lowest BCUT2D eigenvalue weighted by molar-refractivity contribution is -0.384. The molecule has 0 radical (unpaired) electrons. The zero-order valence-electron chi connectivity index (χ0n) is 15.3. The number of nitro groups is 1. The molecule has 2 aromatic rings. The highest BCUT2D eigenvalue weighted by Gasteiger charge is 2.44. The summed E-state index contributed by atoms with van der Waals surface area (Å²) < 4.78 is -2.11. The Balaban J connectivity index is 2.07. The molecule has 3 rings (SSSR count). The van der Waals surface area contributed by atoms with E-state index in [9.17, 15) is 19.7 Å². The van der Waals surface area contributed by atoms with E-state index in [-0.39, 0.29) is 17.2 Å². The molecule has 1 aliphatic rings. The number of likely N-dealkylation sites (N-methyl/N-ethyl adjacent to an activating group) is 1. The lowest BCUT2D eigenvalue weighted by atomic mass is 10.2. The number of amidine groups is 1. The second kappa shape index (κ2) is 8.47. The number of urea groups is 1. The molecule has 1 fully saturated rings. The number of imide groups is 1. The maximum Gasteiger partial charge on any atom is 0.337 e. The highest BCUT2D eigenvalue weighted by molar-refractivity contribution is 6.68. The summed E-state index contributed by atoms with van der Waals surface area (Å²) in [6.07, 6.45) is -1.42. The topological polar surface area (TPSA) is 108 Å². The predicted molar refractivity (Wildman–Crippen MR) is 115 cm³/mol. The molecule has 0 aliphatic carbocycles. The van der Waals surface area contributed by atoms with E-state index in [4.69, 9.17) is 34.8 Å². The highest BCUT2D eigenvalue weighted by Crippen LogP contribution is 2.36. The van der Waals surface area contributed by atoms with Gasteiger partial charge in [-0.25, -0.2) is 14.7 Å². The Kier molecular flexibility index (Phi) is 6.16. The van der Waals surface area contributed by atoms with E-state index >= 15 is 0 Å². The van der Waals surface area contributed by atoms with Crippen molar-refractivity contribution in [3.05, 3.63) is 64.7 Å². The number of halogens is 3. The van der Waals surface area contributed by atoms with Gasteiger partial charge in [-0.15, -0.1) is 0 Å². The fraction of sp³-hybridized carbons (Fsp3) is 0.167. The third-order valence-corrected chi connectivity index (χ3v) is 4.77. The molecule has 12 heteroatoms. The molecule has 2 aromatic carbocycles. The molecule has 1 unspecified atom stereocenters. The molecule has 0 aromatic heterocycles. The number of aliphatic imine (C=N–C) groups is 1. The van der Waals surface area contributed by atoms with E-state index < -0.39 is 26.8 Å². The van der Waals surface area contributed by atoms with Crippen LogP contribution in [0.5, 0.6) is 0 Å². The van der Waals surface area contributed by atoms with Crippen LogP contribution in [0.25, 0.3) is 0 Å². The fourth-order valence-corrected chi connectivity index (χ4v) is 3.02. The molecule has 0 saturated carbocycles. The van der Waals surface area contributed by atoms with Gasteiger partial charge in [0.2, 0.25) is 9.63 Å². The Bertz CT molecular complexity index is 1030. The molecule has 3 amide bonds. The number of nitrogens with one attached hydrogen (secondary N) is 1. The van der Waals surface area contributed by atoms with Gasteiger partial charge in [-0.2, -0.15) is 0 Å². The molecule has 0 bridgehead atoms. The van der Waals surface area contributed by atoms with Crippen molar-refractivity contribution in [2.75, 3.05) is 17.3 Å². The first-order chi connectivity index (χ1) is 14.1. The summed E-state index contributed by atoms with van der Waals surface area (Å²) in [5.74, 6) is -1.01. The van der Waals surface area contributed by atoms with Gasteiger partial charge in [0.25, 0.3) is 11.6 Å². The molecule has 1 heterocycles. The van der Waals surface area contributed by atoms with Crippen molar-refractivity contribution >= 4 is 69.6 Å². The number of benzene rings is 2. The minimum absolute atomic E-state index is 0.0274. The lowest BCUT2D eigenvalue weighted by Crippen LogP contribution is -2.38. The van der Waals surface area contributed by atoms with Gasteiger partial charge in [0.15, 0.2) is 6.17 Å². The number of alkyl halides is 3. The lowest BCUT2D eigenvalue weighted by Gasteiger charge is -2.24. The predicted octanol–water partition coefficient (Wildman–Crippen LogP) is 4.20. The summed E-state index contributed by atoms with van der Waals surface area (Å²) in [7, 11) is 1.29. The van der Waals surface area contributed by atoms with Gasteiger partial charge in [0.1, 0.15) is 5.69 Å². The number of carbonyl (C=O) groups excluding carboxylic acids is 2. The maximum atomic E-state index is 12.7. The number of nitrogens with zero attached hydrogens (tertiary/aromatic N) is 4. The monoisotopic (exact) mass is 469 g/mol. The van der Waals surface area contributed by atoms with Crippen LogP contribution >= 0.6 is 34.8 Å². The third kappa shape index (κ3) is 4.33. The molecule has 1 N–H and O–H groups in total. The van der Waals surface area contributed by atoms with Crippen LogP contribution in [0.15, 0.2) is 59.6 Å². The molecular formula is C18H14Cl3N5O4. The van der Waals surface area contributed by atoms with Gasteiger partial charge < -0.3 is 5.32 Å². The molecule has 9 nitrogen and oxygen atoms in total. The van der Waals surface area contributed by atoms with Crippen molar-refractivity contribution in [1.29, 1.82) is 0 Å². The summed E-state index contributed by atoms with van der Waals surface area (Å²) in [4.78, 5) is 42.1. The van der Waals surface area contributed by atoms with Crippen molar-refractivity contribution < 1.29 is 14.5 Å². The Morgan fingerprint density at radius 2 is 1.67 bits per heavy atom. The zero-order chi connectivity index (χ0) is 22.1. The Labute approximate surface area is 186 Å². The number of nitro benzene ring substituents is 1. The van der Waals surface area contributed by atoms with Crippen molar-refractivity contribution in [2.45, 2.75) is 9.96 Å². The third-order valence-electron chi connectivity index (χ3n) is 4.15. The van der Waals surface area contributed by atoms with Crippen LogP contribution in [0, 0.1) is 10.1 Å². The minimum Gasteiger partial charge on any atom is -0.355 e. The summed E-state index contributed by atoms with van der Waals surface area (Å²) in [5, 5.41) is 14.0. The normalized spacial score (nSPS) is 16.9. The number of hydrogen-bond donors (Lipinski definition) is 1. The van der Waals surface area contributed by atoms with Crippen LogP contribution in [0.1, 0.15) is 0 Å². The highest BCUT2D eigenvalue weighted by atomic mass is 35.6. The standard InChI is InChI=1S/C18H14Cl3N5O4/c1-24-15(27)14(25(17(24)28)11-7-3-2-4-8-11)23-16(18(19,20)21)22-12-9-5-6-10-13(12)26(29)30/h2-10,16,22H,1H3. The van der Waals surface area contributed by atoms with Gasteiger partial charge in [-0.3, -0.25) is 19.8 Å². The Morgan fingerprint density at radius 3 is 2.27 bits per heavy atom. The van der Waals surface area contributed by atoms with Crippen molar-refractivity contribution in [3.63, 3.8) is 0 Å². The smallest absolute Gasteiger partial charge is 0.337 e. The largest absolute Gasteiger partial charge is 0.355 e. The number of carbonyl (C=O) groups is 2. The molecule has 1 aliphatic heterocycles. The number of hydrogen-bond acceptors (Lipinski definition) is 6. The van der Waals surface area contributed by atoms with Crippen LogP contribution in [-0.2, 0) is 4.79 Å². The maximum absolute atomic E-state index is 12.7. The summed E-state index contributed by atoms with van der Waals surface area (Å²) in [6.45, 7) is 0. The zero-order valence-corrected chi connectivity index (χ0v) is 17.6. The molecule has 1 saturated heterocycles. The quantitative estimate of drug-likeness (QED) is 0.305. The van der Waals surface area contributed by atoms with Crippen molar-refractivity contribution in [1.82, 2.24) is 4.90 Å². The van der Waals surface area contributed by atoms with E-state index in [0.29, 0.717) is 5.69 Å². The van der Waals surface area contributed by atoms with E-state index in [1.54, 1.807) is 36.4 Å². The first kappa shape index (κ1) is 21.8. The van der Waals surface area contributed by atoms with Crippen LogP contribution in [0.3, 0.4) is 0 Å². The molecular weight excluding hydrogens is 457 g/mol. The summed E-state index contributed by atoms with van der Waals surface area (Å²) in [5.41, 5.74) is 0.134. The van der Waals surface area contributed by atoms with Gasteiger partial charge >= 0.3 is 6.03 Å². The van der Waals surface area contributed by atoms with Crippen LogP contribution in [-0.4, -0.2) is 44.6 Å². The van der Waals surface area contributed by atoms with Crippen molar-refractivity contribution in [2.24, 2.45) is 4.99 Å². The minimum atomic E-state index is -2.11. The van der Waals surface area contributed by atoms with Gasteiger partial charge in [0.05, 0.1) is 10.6 Å². The average molecular weight is 471 g/mol. The molecule has 156 valence electrons. The van der Waals surface area contributed by atoms with Crippen LogP contribution in [0.4, 0.5) is 21.9 Å². The van der Waals surface area contributed by atoms with Gasteiger partial charge in [-0.1, -0.05) is 65.1 Å². The number of anilines is 2. The van der Waals surface area contributed by atoms with Crippen LogP contribution in [0.2, 0.25) is 0 Å². The summed E-state index contributed by atoms with van der Waals surface area (Å²) >= 11 is 18.1. The van der Waals surface area contributed by atoms with Crippen molar-refractivity contribution in [3.8, 4) is 0 Å². The number of amides is 3. The van der Waals surface area contributed by atoms with E-state index in [1.165, 1.54) is 25.2 Å². The Morgan fingerprint density at radius 1 is 1.07 bits per heavy atom. The second-order valence-corrected chi connectivity index (χ2v) is 8.50. The van der Waals surface area contributed by atoms with E-state index in [0.717, 1.165) is 9.80 Å². The van der Waals surface area contributed by atoms with Gasteiger partial charge in [-0.05, 0) is 18.2 Å². The Hall–Kier alpha value is -2.88. The van der Waals surface area contributed by atoms with Gasteiger partial charge in [0, 0.05) is 13.1 Å². The second-order valence-electron chi connectivity index (χ2n) is 6.13. The molecule has 1 atom stereocenters. The first-order valence-corrected chi connectivity index (χ1v) is 9.56. The number of para-hydroxylation sites is 3. The van der Waals surface area contributed by atoms with E-state index in [1.807, 2.05) is 0 Å². The SMILES string of the molecule is CN1C(=O)C(=NC(Nc2ccccc2[N+](=O)[O-])C(Cl)(Cl)Cl)N(c2ccccc2)C1=O. The molecule has 30 heavy (non-hydrogen) atoms. The first-order valence-electron chi connectivity index (χ1n) is 8.43. The van der Waals surface area contributed by atoms with E-state index in [2.05, 4.69) is 10.3 Å².